The Hall–Kier alpha value is -2.17. The van der Waals surface area contributed by atoms with Gasteiger partial charge < -0.3 is 14.5 Å². The molecule has 5 nitrogen and oxygen atoms in total. The smallest absolute Gasteiger partial charge is 0.137 e. The zero-order chi connectivity index (χ0) is 23.4. The van der Waals surface area contributed by atoms with Gasteiger partial charge in [0.25, 0.3) is 0 Å². The number of carbonyl (C=O) groups excluding carboxylic acids is 2. The summed E-state index contributed by atoms with van der Waals surface area (Å²) in [5.41, 5.74) is 6.37. The minimum absolute atomic E-state index is 0. The van der Waals surface area contributed by atoms with E-state index in [9.17, 15) is 9.59 Å². The summed E-state index contributed by atoms with van der Waals surface area (Å²) in [6.45, 7) is 14.3. The van der Waals surface area contributed by atoms with Crippen LogP contribution in [0.3, 0.4) is 0 Å². The largest absolute Gasteiger partial charge is 0.513 e. The number of para-hydroxylation sites is 1. The van der Waals surface area contributed by atoms with E-state index in [-0.39, 0.29) is 48.9 Å². The summed E-state index contributed by atoms with van der Waals surface area (Å²) in [5, 5.41) is 0. The van der Waals surface area contributed by atoms with Crippen molar-refractivity contribution in [2.75, 3.05) is 16.8 Å². The maximum absolute atomic E-state index is 10.0. The van der Waals surface area contributed by atoms with Crippen LogP contribution in [0.1, 0.15) is 71.9 Å². The van der Waals surface area contributed by atoms with E-state index in [1.165, 1.54) is 43.5 Å². The Bertz CT molecular complexity index is 1090. The van der Waals surface area contributed by atoms with Crippen LogP contribution in [0, 0.1) is 12.7 Å². The maximum Gasteiger partial charge on any atom is 0.137 e. The van der Waals surface area contributed by atoms with Gasteiger partial charge in [0.05, 0.1) is 12.1 Å². The second-order valence-electron chi connectivity index (χ2n) is 10.4. The maximum atomic E-state index is 10.0. The third-order valence-corrected chi connectivity index (χ3v) is 6.65. The van der Waals surface area contributed by atoms with Gasteiger partial charge in [-0.1, -0.05) is 51.3 Å². The van der Waals surface area contributed by atoms with Crippen molar-refractivity contribution < 1.29 is 34.4 Å². The molecule has 179 valence electrons. The number of rotatable bonds is 2. The first kappa shape index (κ1) is 25.5. The van der Waals surface area contributed by atoms with Crippen LogP contribution in [0.2, 0.25) is 0 Å². The van der Waals surface area contributed by atoms with Crippen molar-refractivity contribution in [1.29, 1.82) is 0 Å². The molecule has 6 heteroatoms. The summed E-state index contributed by atoms with van der Waals surface area (Å²) < 4.78 is 6.33. The van der Waals surface area contributed by atoms with Crippen LogP contribution in [0.25, 0.3) is 0 Å². The summed E-state index contributed by atoms with van der Waals surface area (Å²) in [7, 11) is 2.08. The fourth-order valence-corrected chi connectivity index (χ4v) is 4.78. The molecular weight excluding hydrogens is 593 g/mol. The van der Waals surface area contributed by atoms with E-state index in [2.05, 4.69) is 81.5 Å². The van der Waals surface area contributed by atoms with Gasteiger partial charge in [0.1, 0.15) is 17.3 Å². The summed E-state index contributed by atoms with van der Waals surface area (Å²) >= 11 is 0. The SMILES string of the molecule is CC(=O)CC(C)=O.CN1[CH-]N2c3[c-]c4c(cc3Oc3cccc1c32)C(C)(C)CCC4(C)C.[Ir]. The van der Waals surface area contributed by atoms with Crippen LogP contribution in [-0.2, 0) is 40.5 Å². The van der Waals surface area contributed by atoms with Gasteiger partial charge in [0, 0.05) is 31.5 Å². The number of benzene rings is 2. The van der Waals surface area contributed by atoms with E-state index in [0.29, 0.717) is 0 Å². The normalized spacial score (nSPS) is 17.9. The van der Waals surface area contributed by atoms with Crippen molar-refractivity contribution in [3.8, 4) is 11.5 Å². The average molecular weight is 625 g/mol. The molecule has 5 rings (SSSR count). The van der Waals surface area contributed by atoms with Gasteiger partial charge in [-0.3, -0.25) is 9.59 Å². The monoisotopic (exact) mass is 625 g/mol. The van der Waals surface area contributed by atoms with Crippen molar-refractivity contribution >= 4 is 28.6 Å². The molecule has 2 aliphatic heterocycles. The quantitative estimate of drug-likeness (QED) is 0.294. The van der Waals surface area contributed by atoms with E-state index in [4.69, 9.17) is 4.74 Å². The van der Waals surface area contributed by atoms with Gasteiger partial charge in [-0.25, -0.2) is 0 Å². The van der Waals surface area contributed by atoms with Crippen LogP contribution in [0.4, 0.5) is 17.1 Å². The summed E-state index contributed by atoms with van der Waals surface area (Å²) in [4.78, 5) is 24.5. The van der Waals surface area contributed by atoms with Gasteiger partial charge >= 0.3 is 0 Å². The number of ketones is 2. The molecule has 0 N–H and O–H groups in total. The second-order valence-corrected chi connectivity index (χ2v) is 10.4. The Labute approximate surface area is 210 Å². The molecular formula is C27H32IrN2O3-2. The number of carbonyl (C=O) groups is 2. The molecule has 0 saturated heterocycles. The van der Waals surface area contributed by atoms with E-state index in [1.807, 2.05) is 0 Å². The van der Waals surface area contributed by atoms with E-state index in [1.54, 1.807) is 0 Å². The van der Waals surface area contributed by atoms with Crippen LogP contribution < -0.4 is 14.5 Å². The molecule has 0 atom stereocenters. The second kappa shape index (κ2) is 8.88. The van der Waals surface area contributed by atoms with Gasteiger partial charge in [0.15, 0.2) is 0 Å². The summed E-state index contributed by atoms with van der Waals surface area (Å²) in [6, 6.07) is 12.3. The minimum Gasteiger partial charge on any atom is -0.513 e. The molecule has 0 amide bonds. The zero-order valence-electron chi connectivity index (χ0n) is 20.5. The molecule has 0 bridgehead atoms. The Kier molecular flexibility index (Phi) is 6.85. The van der Waals surface area contributed by atoms with Crippen molar-refractivity contribution in [3.05, 3.63) is 48.1 Å². The Balaban J connectivity index is 0.000000337. The fourth-order valence-electron chi connectivity index (χ4n) is 4.78. The Morgan fingerprint density at radius 2 is 1.70 bits per heavy atom. The number of ether oxygens (including phenoxy) is 1. The number of hydrogen-bond acceptors (Lipinski definition) is 5. The molecule has 0 unspecified atom stereocenters. The molecule has 2 heterocycles. The Morgan fingerprint density at radius 1 is 1.06 bits per heavy atom. The number of fused-ring (bicyclic) bond motifs is 3. The number of anilines is 3. The van der Waals surface area contributed by atoms with Crippen molar-refractivity contribution in [3.63, 3.8) is 0 Å². The molecule has 1 radical (unpaired) electrons. The van der Waals surface area contributed by atoms with Gasteiger partial charge in [-0.2, -0.15) is 18.3 Å². The van der Waals surface area contributed by atoms with Crippen LogP contribution >= 0.6 is 0 Å². The molecule has 0 fully saturated rings. The molecule has 2 aromatic carbocycles. The first-order chi connectivity index (χ1) is 14.9. The van der Waals surface area contributed by atoms with Crippen molar-refractivity contribution in [2.24, 2.45) is 0 Å². The van der Waals surface area contributed by atoms with E-state index in [0.717, 1.165) is 22.9 Å². The van der Waals surface area contributed by atoms with Crippen molar-refractivity contribution in [1.82, 2.24) is 0 Å². The Morgan fingerprint density at radius 3 is 2.30 bits per heavy atom. The van der Waals surface area contributed by atoms with Gasteiger partial charge in [-0.05, 0) is 44.9 Å². The third-order valence-electron chi connectivity index (χ3n) is 6.65. The third kappa shape index (κ3) is 4.60. The van der Waals surface area contributed by atoms with Gasteiger partial charge in [0.2, 0.25) is 0 Å². The predicted molar refractivity (Wildman–Crippen MR) is 128 cm³/mol. The van der Waals surface area contributed by atoms with Crippen LogP contribution in [0.15, 0.2) is 24.3 Å². The summed E-state index contributed by atoms with van der Waals surface area (Å²) in [5.74, 6) is 1.72. The number of hydrogen-bond donors (Lipinski definition) is 0. The topological polar surface area (TPSA) is 49.9 Å². The molecule has 0 aromatic heterocycles. The van der Waals surface area contributed by atoms with Crippen molar-refractivity contribution in [2.45, 2.75) is 71.6 Å². The van der Waals surface area contributed by atoms with Gasteiger partial charge in [-0.15, -0.1) is 11.6 Å². The molecule has 2 aromatic rings. The van der Waals surface area contributed by atoms with Crippen LogP contribution in [0.5, 0.6) is 11.5 Å². The number of Topliss-reactive ketones (excluding diaryl/α,β-unsaturated/α-hetero) is 2. The first-order valence-corrected chi connectivity index (χ1v) is 11.2. The zero-order valence-corrected chi connectivity index (χ0v) is 22.9. The predicted octanol–water partition coefficient (Wildman–Crippen LogP) is 6.20. The molecule has 0 spiro atoms. The average Bonchev–Trinajstić information content (AvgIpc) is 3.03. The van der Waals surface area contributed by atoms with E-state index >= 15 is 0 Å². The van der Waals surface area contributed by atoms with E-state index < -0.39 is 0 Å². The fraction of sp³-hybridized carbons (Fsp3) is 0.444. The molecule has 3 aliphatic rings. The molecule has 0 saturated carbocycles. The minimum atomic E-state index is -0.0625. The molecule has 1 aliphatic carbocycles. The standard InChI is InChI=1S/C22H24N2O.C5H8O2.Ir/c1-21(2)9-10-22(3,4)15-12-19-17(11-14(15)21)24-13-23(5)16-7-6-8-18(25-19)20(16)24;1-4(6)3-5(2)7;/h6-8,12-13H,9-10H2,1-5H3;3H2,1-2H3;/q-2;;. The first-order valence-electron chi connectivity index (χ1n) is 11.2. The summed E-state index contributed by atoms with van der Waals surface area (Å²) in [6.07, 6.45) is 2.47. The number of nitrogens with zero attached hydrogens (tertiary/aromatic N) is 2. The van der Waals surface area contributed by atoms with Crippen LogP contribution in [-0.4, -0.2) is 18.6 Å². The molecule has 33 heavy (non-hydrogen) atoms.